The molecule has 2 rings (SSSR count). The lowest BCUT2D eigenvalue weighted by molar-refractivity contribution is 0.0926. The molecule has 116 valence electrons. The molecule has 21 heavy (non-hydrogen) atoms. The average molecular weight is 290 g/mol. The molecule has 1 aliphatic rings. The molecule has 0 spiro atoms. The topological polar surface area (TPSA) is 70.4 Å². The van der Waals surface area contributed by atoms with Gasteiger partial charge in [0.05, 0.1) is 11.3 Å². The lowest BCUT2D eigenvalue weighted by atomic mass is 10.1. The van der Waals surface area contributed by atoms with Crippen LogP contribution in [0.25, 0.3) is 0 Å². The number of rotatable bonds is 5. The fraction of sp³-hybridized carbons (Fsp3) is 0.562. The molecule has 1 unspecified atom stereocenters. The van der Waals surface area contributed by atoms with Gasteiger partial charge in [0.1, 0.15) is 0 Å². The van der Waals surface area contributed by atoms with Gasteiger partial charge in [-0.3, -0.25) is 10.6 Å². The van der Waals surface area contributed by atoms with E-state index in [1.54, 1.807) is 0 Å². The average Bonchev–Trinajstić information content (AvgIpc) is 2.47. The Morgan fingerprint density at radius 1 is 1.33 bits per heavy atom. The van der Waals surface area contributed by atoms with Gasteiger partial charge < -0.3 is 15.6 Å². The van der Waals surface area contributed by atoms with Crippen LogP contribution in [-0.4, -0.2) is 36.5 Å². The molecule has 1 fully saturated rings. The van der Waals surface area contributed by atoms with Crippen molar-refractivity contribution in [2.75, 3.05) is 25.1 Å². The summed E-state index contributed by atoms with van der Waals surface area (Å²) in [6.07, 6.45) is 3.85. The zero-order chi connectivity index (χ0) is 15.2. The molecular weight excluding hydrogens is 264 g/mol. The number of hydrazine groups is 1. The van der Waals surface area contributed by atoms with Crippen LogP contribution in [-0.2, 0) is 0 Å². The molecule has 0 aliphatic carbocycles. The minimum absolute atomic E-state index is 0.0764. The Kier molecular flexibility index (Phi) is 5.59. The molecule has 0 radical (unpaired) electrons. The first-order chi connectivity index (χ1) is 10.1. The number of nitrogen functional groups attached to an aromatic ring is 1. The maximum atomic E-state index is 12.4. The standard InChI is InChI=1S/C16H26N4O/c1-12-6-7-14(15(10-12)19-17)16(21)18-13(2)11-20-8-4-3-5-9-20/h6-7,10,13,19H,3-5,8-9,11,17H2,1-2H3,(H,18,21). The van der Waals surface area contributed by atoms with E-state index < -0.39 is 0 Å². The molecule has 1 heterocycles. The van der Waals surface area contributed by atoms with Gasteiger partial charge in [-0.05, 0) is 57.5 Å². The first kappa shape index (κ1) is 15.8. The van der Waals surface area contributed by atoms with E-state index in [1.807, 2.05) is 25.1 Å². The van der Waals surface area contributed by atoms with Crippen molar-refractivity contribution in [3.05, 3.63) is 29.3 Å². The van der Waals surface area contributed by atoms with Gasteiger partial charge in [-0.15, -0.1) is 0 Å². The lowest BCUT2D eigenvalue weighted by Gasteiger charge is -2.29. The Bertz CT molecular complexity index is 483. The van der Waals surface area contributed by atoms with Gasteiger partial charge in [-0.1, -0.05) is 12.5 Å². The number of amides is 1. The first-order valence-corrected chi connectivity index (χ1v) is 7.70. The minimum Gasteiger partial charge on any atom is -0.348 e. The molecule has 5 nitrogen and oxygen atoms in total. The molecule has 0 bridgehead atoms. The first-order valence-electron chi connectivity index (χ1n) is 7.70. The van der Waals surface area contributed by atoms with Gasteiger partial charge in [0.2, 0.25) is 0 Å². The lowest BCUT2D eigenvalue weighted by Crippen LogP contribution is -2.43. The van der Waals surface area contributed by atoms with Crippen LogP contribution in [0.1, 0.15) is 42.1 Å². The van der Waals surface area contributed by atoms with E-state index in [-0.39, 0.29) is 11.9 Å². The number of nitrogens with zero attached hydrogens (tertiary/aromatic N) is 1. The van der Waals surface area contributed by atoms with E-state index in [0.29, 0.717) is 11.3 Å². The smallest absolute Gasteiger partial charge is 0.253 e. The van der Waals surface area contributed by atoms with Gasteiger partial charge in [0.15, 0.2) is 0 Å². The summed E-state index contributed by atoms with van der Waals surface area (Å²) in [5.41, 5.74) is 4.93. The number of anilines is 1. The predicted octanol–water partition coefficient (Wildman–Crippen LogP) is 1.88. The highest BCUT2D eigenvalue weighted by Crippen LogP contribution is 2.16. The number of nitrogens with one attached hydrogen (secondary N) is 2. The van der Waals surface area contributed by atoms with E-state index in [4.69, 9.17) is 5.84 Å². The van der Waals surface area contributed by atoms with E-state index in [9.17, 15) is 4.79 Å². The van der Waals surface area contributed by atoms with Crippen LogP contribution in [0.5, 0.6) is 0 Å². The monoisotopic (exact) mass is 290 g/mol. The van der Waals surface area contributed by atoms with Crippen LogP contribution in [0, 0.1) is 6.92 Å². The number of hydrogen-bond acceptors (Lipinski definition) is 4. The van der Waals surface area contributed by atoms with Gasteiger partial charge in [-0.25, -0.2) is 0 Å². The van der Waals surface area contributed by atoms with Crippen molar-refractivity contribution in [2.24, 2.45) is 5.84 Å². The van der Waals surface area contributed by atoms with Gasteiger partial charge in [-0.2, -0.15) is 0 Å². The summed E-state index contributed by atoms with van der Waals surface area (Å²) in [5.74, 6) is 5.42. The highest BCUT2D eigenvalue weighted by atomic mass is 16.1. The third-order valence-electron chi connectivity index (χ3n) is 3.93. The summed E-state index contributed by atoms with van der Waals surface area (Å²) in [7, 11) is 0. The summed E-state index contributed by atoms with van der Waals surface area (Å²) in [4.78, 5) is 14.8. The van der Waals surface area contributed by atoms with Crippen molar-refractivity contribution in [2.45, 2.75) is 39.2 Å². The SMILES string of the molecule is Cc1ccc(C(=O)NC(C)CN2CCCCC2)c(NN)c1. The van der Waals surface area contributed by atoms with Crippen molar-refractivity contribution in [3.8, 4) is 0 Å². The largest absolute Gasteiger partial charge is 0.348 e. The molecular formula is C16H26N4O. The second-order valence-corrected chi connectivity index (χ2v) is 5.93. The summed E-state index contributed by atoms with van der Waals surface area (Å²) in [6.45, 7) is 7.21. The Balaban J connectivity index is 1.94. The molecule has 1 aliphatic heterocycles. The Labute approximate surface area is 126 Å². The van der Waals surface area contributed by atoms with Gasteiger partial charge in [0.25, 0.3) is 5.91 Å². The van der Waals surface area contributed by atoms with Crippen molar-refractivity contribution in [1.29, 1.82) is 0 Å². The maximum absolute atomic E-state index is 12.4. The van der Waals surface area contributed by atoms with Crippen LogP contribution < -0.4 is 16.6 Å². The summed E-state index contributed by atoms with van der Waals surface area (Å²) in [6, 6.07) is 5.74. The zero-order valence-electron chi connectivity index (χ0n) is 13.0. The van der Waals surface area contributed by atoms with Crippen LogP contribution in [0.3, 0.4) is 0 Å². The number of likely N-dealkylation sites (tertiary alicyclic amines) is 1. The molecule has 0 saturated carbocycles. The second-order valence-electron chi connectivity index (χ2n) is 5.93. The number of hydrogen-bond donors (Lipinski definition) is 3. The number of carbonyl (C=O) groups is 1. The normalized spacial score (nSPS) is 17.3. The van der Waals surface area contributed by atoms with E-state index in [2.05, 4.69) is 22.6 Å². The zero-order valence-corrected chi connectivity index (χ0v) is 13.0. The fourth-order valence-corrected chi connectivity index (χ4v) is 2.85. The number of benzene rings is 1. The van der Waals surface area contributed by atoms with E-state index in [1.165, 1.54) is 19.3 Å². The summed E-state index contributed by atoms with van der Waals surface area (Å²) >= 11 is 0. The predicted molar refractivity (Wildman–Crippen MR) is 86.2 cm³/mol. The van der Waals surface area contributed by atoms with E-state index in [0.717, 1.165) is 25.2 Å². The van der Waals surface area contributed by atoms with Crippen LogP contribution in [0.15, 0.2) is 18.2 Å². The van der Waals surface area contributed by atoms with Crippen molar-refractivity contribution >= 4 is 11.6 Å². The Morgan fingerprint density at radius 2 is 2.05 bits per heavy atom. The van der Waals surface area contributed by atoms with Gasteiger partial charge in [0, 0.05) is 12.6 Å². The number of carbonyl (C=O) groups excluding carboxylic acids is 1. The maximum Gasteiger partial charge on any atom is 0.253 e. The molecule has 4 N–H and O–H groups in total. The van der Waals surface area contributed by atoms with Crippen molar-refractivity contribution < 1.29 is 4.79 Å². The van der Waals surface area contributed by atoms with E-state index >= 15 is 0 Å². The molecule has 1 saturated heterocycles. The number of aryl methyl sites for hydroxylation is 1. The quantitative estimate of drug-likeness (QED) is 0.572. The highest BCUT2D eigenvalue weighted by Gasteiger charge is 2.17. The van der Waals surface area contributed by atoms with Crippen LogP contribution in [0.2, 0.25) is 0 Å². The van der Waals surface area contributed by atoms with Crippen molar-refractivity contribution in [1.82, 2.24) is 10.2 Å². The molecule has 1 atom stereocenters. The van der Waals surface area contributed by atoms with Crippen LogP contribution in [0.4, 0.5) is 5.69 Å². The molecule has 1 aromatic rings. The highest BCUT2D eigenvalue weighted by molar-refractivity contribution is 5.99. The minimum atomic E-state index is -0.0764. The second kappa shape index (κ2) is 7.43. The molecule has 0 aromatic heterocycles. The van der Waals surface area contributed by atoms with Gasteiger partial charge >= 0.3 is 0 Å². The van der Waals surface area contributed by atoms with Crippen molar-refractivity contribution in [3.63, 3.8) is 0 Å². The molecule has 5 heteroatoms. The number of piperidine rings is 1. The van der Waals surface area contributed by atoms with Crippen LogP contribution >= 0.6 is 0 Å². The number of nitrogens with two attached hydrogens (primary N) is 1. The summed E-state index contributed by atoms with van der Waals surface area (Å²) < 4.78 is 0. The molecule has 1 amide bonds. The third-order valence-corrected chi connectivity index (χ3v) is 3.93. The third kappa shape index (κ3) is 4.44. The Morgan fingerprint density at radius 3 is 2.71 bits per heavy atom. The molecule has 1 aromatic carbocycles. The Hall–Kier alpha value is -1.59. The summed E-state index contributed by atoms with van der Waals surface area (Å²) in [5, 5.41) is 3.06. The fourth-order valence-electron chi connectivity index (χ4n) is 2.85.